The van der Waals surface area contributed by atoms with Gasteiger partial charge in [-0.2, -0.15) is 0 Å². The Hall–Kier alpha value is -4.19. The Morgan fingerprint density at radius 2 is 1.55 bits per heavy atom. The molecule has 11 nitrogen and oxygen atoms in total. The second-order valence-electron chi connectivity index (χ2n) is 11.6. The van der Waals surface area contributed by atoms with Crippen LogP contribution >= 0.6 is 0 Å². The Balaban J connectivity index is 1.02. The van der Waals surface area contributed by atoms with Crippen LogP contribution < -0.4 is 9.80 Å². The Labute approximate surface area is 242 Å². The molecule has 1 aliphatic carbocycles. The van der Waals surface area contributed by atoms with E-state index in [2.05, 4.69) is 9.80 Å². The average Bonchev–Trinajstić information content (AvgIpc) is 3.22. The first-order valence-corrected chi connectivity index (χ1v) is 14.4. The van der Waals surface area contributed by atoms with Crippen molar-refractivity contribution in [2.45, 2.75) is 38.1 Å². The number of halogens is 1. The number of carbonyl (C=O) groups excluding carboxylic acids is 4. The molecule has 1 saturated carbocycles. The molecular formula is C30H32FN5O6. The summed E-state index contributed by atoms with van der Waals surface area (Å²) in [5.41, 5.74) is 1.63. The number of anilines is 2. The molecule has 6 rings (SSSR count). The summed E-state index contributed by atoms with van der Waals surface area (Å²) in [4.78, 5) is 68.2. The maximum absolute atomic E-state index is 14.5. The van der Waals surface area contributed by atoms with Gasteiger partial charge in [0.15, 0.2) is 11.6 Å². The van der Waals surface area contributed by atoms with Crippen LogP contribution in [0.1, 0.15) is 52.8 Å². The van der Waals surface area contributed by atoms with E-state index in [0.29, 0.717) is 35.8 Å². The number of piperazine rings is 1. The number of nitro benzene ring substituents is 1. The van der Waals surface area contributed by atoms with Gasteiger partial charge >= 0.3 is 0 Å². The Morgan fingerprint density at radius 3 is 2.21 bits per heavy atom. The highest BCUT2D eigenvalue weighted by Gasteiger charge is 2.44. The summed E-state index contributed by atoms with van der Waals surface area (Å²) in [6, 6.07) is 8.20. The number of rotatable bonds is 6. The number of non-ortho nitro benzene ring substituents is 1. The van der Waals surface area contributed by atoms with E-state index < -0.39 is 28.6 Å². The number of piperidine rings is 1. The summed E-state index contributed by atoms with van der Waals surface area (Å²) in [7, 11) is 0. The van der Waals surface area contributed by atoms with Crippen LogP contribution in [-0.2, 0) is 9.59 Å². The van der Waals surface area contributed by atoms with Crippen LogP contribution in [0.25, 0.3) is 0 Å². The highest BCUT2D eigenvalue weighted by molar-refractivity contribution is 6.24. The van der Waals surface area contributed by atoms with E-state index in [1.165, 1.54) is 12.1 Å². The summed E-state index contributed by atoms with van der Waals surface area (Å²) in [5.74, 6) is -1.56. The number of amides is 2. The van der Waals surface area contributed by atoms with Gasteiger partial charge in [0.25, 0.3) is 17.5 Å². The lowest BCUT2D eigenvalue weighted by Gasteiger charge is -2.40. The Kier molecular flexibility index (Phi) is 7.48. The minimum absolute atomic E-state index is 0.155. The van der Waals surface area contributed by atoms with Crippen LogP contribution in [0.4, 0.5) is 21.5 Å². The number of imide groups is 1. The average molecular weight is 578 g/mol. The Bertz CT molecular complexity index is 1460. The summed E-state index contributed by atoms with van der Waals surface area (Å²) < 4.78 is 14.5. The van der Waals surface area contributed by atoms with Gasteiger partial charge in [0.1, 0.15) is 5.78 Å². The molecule has 1 unspecified atom stereocenters. The van der Waals surface area contributed by atoms with Crippen molar-refractivity contribution < 1.29 is 28.5 Å². The third kappa shape index (κ3) is 5.26. The van der Waals surface area contributed by atoms with Crippen LogP contribution in [0.3, 0.4) is 0 Å². The van der Waals surface area contributed by atoms with E-state index >= 15 is 0 Å². The second kappa shape index (κ2) is 11.2. The second-order valence-corrected chi connectivity index (χ2v) is 11.6. The van der Waals surface area contributed by atoms with Crippen molar-refractivity contribution in [1.29, 1.82) is 0 Å². The van der Waals surface area contributed by atoms with Gasteiger partial charge in [-0.1, -0.05) is 0 Å². The molecule has 0 radical (unpaired) electrons. The minimum Gasteiger partial charge on any atom is -0.369 e. The Morgan fingerprint density at radius 1 is 0.833 bits per heavy atom. The number of hydrogen-bond acceptors (Lipinski definition) is 9. The number of benzene rings is 2. The van der Waals surface area contributed by atoms with E-state index in [-0.39, 0.29) is 36.5 Å². The molecule has 42 heavy (non-hydrogen) atoms. The van der Waals surface area contributed by atoms with Gasteiger partial charge in [-0.05, 0) is 49.4 Å². The van der Waals surface area contributed by atoms with Gasteiger partial charge in [0, 0.05) is 64.0 Å². The fourth-order valence-electron chi connectivity index (χ4n) is 6.64. The minimum atomic E-state index is -0.873. The van der Waals surface area contributed by atoms with Crippen molar-refractivity contribution >= 4 is 40.4 Å². The molecule has 0 spiro atoms. The fraction of sp³-hybridized carbons (Fsp3) is 0.467. The number of nitro groups is 1. The lowest BCUT2D eigenvalue weighted by atomic mass is 9.92. The largest absolute Gasteiger partial charge is 0.369 e. The van der Waals surface area contributed by atoms with Crippen LogP contribution in [0.15, 0.2) is 36.4 Å². The standard InChI is InChI=1S/C30H32FN5O6/c31-25-16-21(36(41)42)2-5-26(25)34-9-7-19(8-10-34)18-32-11-13-33(14-12-32)20-1-4-23-24(15-20)30(40)35(29(23)39)27-6-3-22(37)17-28(27)38/h1-2,4-5,15-16,19,27H,3,6-14,17-18H2. The molecule has 12 heteroatoms. The van der Waals surface area contributed by atoms with Crippen molar-refractivity contribution in [2.24, 2.45) is 5.92 Å². The highest BCUT2D eigenvalue weighted by Crippen LogP contribution is 2.33. The summed E-state index contributed by atoms with van der Waals surface area (Å²) in [6.45, 7) is 5.55. The zero-order chi connectivity index (χ0) is 29.5. The monoisotopic (exact) mass is 577 g/mol. The molecular weight excluding hydrogens is 545 g/mol. The molecule has 220 valence electrons. The first kappa shape index (κ1) is 28.0. The summed E-state index contributed by atoms with van der Waals surface area (Å²) in [6.07, 6.45) is 1.96. The van der Waals surface area contributed by atoms with Gasteiger partial charge in [0.2, 0.25) is 0 Å². The first-order valence-electron chi connectivity index (χ1n) is 14.4. The molecule has 4 aliphatic rings. The highest BCUT2D eigenvalue weighted by atomic mass is 19.1. The molecule has 3 aliphatic heterocycles. The van der Waals surface area contributed by atoms with Gasteiger partial charge in [-0.15, -0.1) is 0 Å². The summed E-state index contributed by atoms with van der Waals surface area (Å²) in [5, 5.41) is 10.9. The summed E-state index contributed by atoms with van der Waals surface area (Å²) >= 11 is 0. The van der Waals surface area contributed by atoms with Crippen molar-refractivity contribution in [3.63, 3.8) is 0 Å². The molecule has 0 bridgehead atoms. The van der Waals surface area contributed by atoms with Crippen LogP contribution in [0.2, 0.25) is 0 Å². The molecule has 2 amide bonds. The topological polar surface area (TPSA) is 124 Å². The van der Waals surface area contributed by atoms with E-state index in [9.17, 15) is 33.7 Å². The zero-order valence-corrected chi connectivity index (χ0v) is 23.2. The van der Waals surface area contributed by atoms with E-state index in [4.69, 9.17) is 0 Å². The molecule has 0 N–H and O–H groups in total. The van der Waals surface area contributed by atoms with E-state index in [1.807, 2.05) is 11.0 Å². The number of Topliss-reactive ketones (excluding diaryl/α,β-unsaturated/α-hetero) is 2. The molecule has 1 atom stereocenters. The van der Waals surface area contributed by atoms with Crippen molar-refractivity contribution in [1.82, 2.24) is 9.80 Å². The predicted molar refractivity (Wildman–Crippen MR) is 151 cm³/mol. The first-order chi connectivity index (χ1) is 20.2. The SMILES string of the molecule is O=C1CCC(N2C(=O)c3ccc(N4CCN(CC5CCN(c6ccc([N+](=O)[O-])cc6F)CC5)CC4)cc3C2=O)C(=O)C1. The number of nitrogens with zero attached hydrogens (tertiary/aromatic N) is 5. The van der Waals surface area contributed by atoms with Crippen molar-refractivity contribution in [3.05, 3.63) is 63.5 Å². The molecule has 3 fully saturated rings. The van der Waals surface area contributed by atoms with E-state index in [1.54, 1.807) is 12.1 Å². The normalized spacial score (nSPS) is 22.2. The van der Waals surface area contributed by atoms with Crippen molar-refractivity contribution in [3.8, 4) is 0 Å². The molecule has 0 aromatic heterocycles. The van der Waals surface area contributed by atoms with Crippen LogP contribution in [0.5, 0.6) is 0 Å². The predicted octanol–water partition coefficient (Wildman–Crippen LogP) is 3.06. The third-order valence-corrected chi connectivity index (χ3v) is 9.00. The maximum atomic E-state index is 14.5. The lowest BCUT2D eigenvalue weighted by molar-refractivity contribution is -0.385. The van der Waals surface area contributed by atoms with Crippen LogP contribution in [-0.4, -0.2) is 90.0 Å². The third-order valence-electron chi connectivity index (χ3n) is 9.00. The van der Waals surface area contributed by atoms with Gasteiger partial charge < -0.3 is 9.80 Å². The zero-order valence-electron chi connectivity index (χ0n) is 23.2. The fourth-order valence-corrected chi connectivity index (χ4v) is 6.64. The number of fused-ring (bicyclic) bond motifs is 1. The van der Waals surface area contributed by atoms with Gasteiger partial charge in [-0.25, -0.2) is 4.39 Å². The van der Waals surface area contributed by atoms with Gasteiger partial charge in [0.05, 0.1) is 40.3 Å². The van der Waals surface area contributed by atoms with Crippen molar-refractivity contribution in [2.75, 3.05) is 55.6 Å². The number of hydrogen-bond donors (Lipinski definition) is 0. The van der Waals surface area contributed by atoms with E-state index in [0.717, 1.165) is 62.2 Å². The number of ketones is 2. The molecule has 2 aromatic rings. The maximum Gasteiger partial charge on any atom is 0.272 e. The smallest absolute Gasteiger partial charge is 0.272 e. The molecule has 3 heterocycles. The quantitative estimate of drug-likeness (QED) is 0.221. The molecule has 2 aromatic carbocycles. The van der Waals surface area contributed by atoms with Gasteiger partial charge in [-0.3, -0.25) is 39.1 Å². The lowest BCUT2D eigenvalue weighted by Crippen LogP contribution is -2.49. The van der Waals surface area contributed by atoms with Crippen LogP contribution in [0, 0.1) is 21.8 Å². The number of carbonyl (C=O) groups is 4. The molecule has 2 saturated heterocycles.